The van der Waals surface area contributed by atoms with Crippen LogP contribution >= 0.6 is 11.6 Å². The van der Waals surface area contributed by atoms with Gasteiger partial charge in [0.05, 0.1) is 28.2 Å². The van der Waals surface area contributed by atoms with Crippen molar-refractivity contribution in [3.05, 3.63) is 69.5 Å². The number of hydrogen-bond acceptors (Lipinski definition) is 3. The number of para-hydroxylation sites is 1. The van der Waals surface area contributed by atoms with Gasteiger partial charge in [0.2, 0.25) is 5.91 Å². The van der Waals surface area contributed by atoms with E-state index in [1.54, 1.807) is 38.2 Å². The number of pyridine rings is 1. The lowest BCUT2D eigenvalue weighted by Crippen LogP contribution is -2.32. The lowest BCUT2D eigenvalue weighted by atomic mass is 10.0. The van der Waals surface area contributed by atoms with E-state index in [0.717, 1.165) is 16.6 Å². The van der Waals surface area contributed by atoms with Crippen molar-refractivity contribution in [1.82, 2.24) is 4.57 Å². The number of carbonyl (C=O) groups excluding carboxylic acids is 1. The van der Waals surface area contributed by atoms with Crippen molar-refractivity contribution in [2.45, 2.75) is 6.42 Å². The number of likely N-dealkylation sites (N-methyl/N-ethyl adjacent to an activating group) is 1. The zero-order valence-electron chi connectivity index (χ0n) is 14.9. The summed E-state index contributed by atoms with van der Waals surface area (Å²) in [5.41, 5.74) is 2.30. The van der Waals surface area contributed by atoms with Crippen molar-refractivity contribution in [2.24, 2.45) is 7.05 Å². The zero-order chi connectivity index (χ0) is 18.8. The van der Waals surface area contributed by atoms with Crippen molar-refractivity contribution >= 4 is 39.8 Å². The van der Waals surface area contributed by atoms with Crippen molar-refractivity contribution in [3.8, 4) is 0 Å². The van der Waals surface area contributed by atoms with Gasteiger partial charge in [0.25, 0.3) is 5.56 Å². The van der Waals surface area contributed by atoms with Crippen LogP contribution in [0.3, 0.4) is 0 Å². The number of carbonyl (C=O) groups is 1. The summed E-state index contributed by atoms with van der Waals surface area (Å²) < 4.78 is 1.53. The molecule has 0 saturated heterocycles. The molecule has 0 fully saturated rings. The number of hydrogen-bond donors (Lipinski definition) is 1. The number of halogens is 1. The highest BCUT2D eigenvalue weighted by molar-refractivity contribution is 6.36. The van der Waals surface area contributed by atoms with Crippen LogP contribution in [0.1, 0.15) is 5.56 Å². The quantitative estimate of drug-likeness (QED) is 0.766. The number of fused-ring (bicyclic) bond motifs is 1. The molecule has 0 aliphatic carbocycles. The lowest BCUT2D eigenvalue weighted by Gasteiger charge is -2.20. The van der Waals surface area contributed by atoms with Gasteiger partial charge in [0.1, 0.15) is 0 Å². The summed E-state index contributed by atoms with van der Waals surface area (Å²) in [4.78, 5) is 27.2. The van der Waals surface area contributed by atoms with Crippen LogP contribution in [0.5, 0.6) is 0 Å². The summed E-state index contributed by atoms with van der Waals surface area (Å²) in [7, 11) is 5.12. The van der Waals surface area contributed by atoms with Gasteiger partial charge >= 0.3 is 0 Å². The Kier molecular flexibility index (Phi) is 5.00. The van der Waals surface area contributed by atoms with E-state index in [9.17, 15) is 9.59 Å². The number of aryl methyl sites for hydroxylation is 1. The minimum absolute atomic E-state index is 0.0184. The van der Waals surface area contributed by atoms with Crippen LogP contribution in [0, 0.1) is 0 Å². The first-order chi connectivity index (χ1) is 12.5. The number of benzene rings is 2. The summed E-state index contributed by atoms with van der Waals surface area (Å²) in [6.07, 6.45) is -0.0184. The Morgan fingerprint density at radius 2 is 1.85 bits per heavy atom. The molecule has 1 heterocycles. The maximum atomic E-state index is 12.9. The van der Waals surface area contributed by atoms with Crippen LogP contribution in [-0.2, 0) is 18.3 Å². The highest BCUT2D eigenvalue weighted by Crippen LogP contribution is 2.31. The second-order valence-corrected chi connectivity index (χ2v) is 6.47. The third-order valence-electron chi connectivity index (χ3n) is 4.56. The molecule has 1 aromatic heterocycles. The molecule has 3 rings (SSSR count). The summed E-state index contributed by atoms with van der Waals surface area (Å²) in [5, 5.41) is 4.34. The van der Waals surface area contributed by atoms with Crippen LogP contribution in [0.4, 0.5) is 11.4 Å². The predicted octanol–water partition coefficient (Wildman–Crippen LogP) is 3.44. The molecule has 5 nitrogen and oxygen atoms in total. The first-order valence-corrected chi connectivity index (χ1v) is 8.63. The third kappa shape index (κ3) is 3.06. The molecule has 6 heteroatoms. The smallest absolute Gasteiger partial charge is 0.256 e. The fourth-order valence-corrected chi connectivity index (χ4v) is 3.38. The molecule has 0 bridgehead atoms. The molecule has 3 aromatic rings. The molecule has 26 heavy (non-hydrogen) atoms. The van der Waals surface area contributed by atoms with E-state index < -0.39 is 0 Å². The molecule has 0 radical (unpaired) electrons. The zero-order valence-corrected chi connectivity index (χ0v) is 15.7. The summed E-state index contributed by atoms with van der Waals surface area (Å²) in [5.74, 6) is -0.170. The summed E-state index contributed by atoms with van der Waals surface area (Å²) >= 11 is 6.38. The molecule has 1 amide bonds. The Morgan fingerprint density at radius 1 is 1.15 bits per heavy atom. The minimum Gasteiger partial charge on any atom is -0.387 e. The highest BCUT2D eigenvalue weighted by atomic mass is 35.5. The normalized spacial score (nSPS) is 10.8. The standard InChI is InChI=1S/C20H20ClN3O2/c1-22-19-14(12-17(25)23(2)13-8-5-4-6-9-13)20(26)24(3)16-11-7-10-15(21)18(16)19/h4-11,22H,12H2,1-3H3. The number of nitrogens with zero attached hydrogens (tertiary/aromatic N) is 2. The molecule has 2 aromatic carbocycles. The van der Waals surface area contributed by atoms with Gasteiger partial charge in [-0.15, -0.1) is 0 Å². The van der Waals surface area contributed by atoms with Crippen molar-refractivity contribution in [2.75, 3.05) is 24.3 Å². The Bertz CT molecular complexity index is 1030. The van der Waals surface area contributed by atoms with E-state index in [4.69, 9.17) is 11.6 Å². The number of anilines is 2. The molecule has 0 unspecified atom stereocenters. The van der Waals surface area contributed by atoms with Gasteiger partial charge in [0, 0.05) is 32.2 Å². The molecule has 1 N–H and O–H groups in total. The minimum atomic E-state index is -0.209. The molecule has 0 atom stereocenters. The van der Waals surface area contributed by atoms with Gasteiger partial charge < -0.3 is 14.8 Å². The van der Waals surface area contributed by atoms with Gasteiger partial charge in [-0.25, -0.2) is 0 Å². The maximum absolute atomic E-state index is 12.9. The molecule has 0 spiro atoms. The van der Waals surface area contributed by atoms with Crippen molar-refractivity contribution in [3.63, 3.8) is 0 Å². The van der Waals surface area contributed by atoms with Gasteiger partial charge in [0.15, 0.2) is 0 Å². The topological polar surface area (TPSA) is 54.3 Å². The Labute approximate surface area is 156 Å². The van der Waals surface area contributed by atoms with Crippen LogP contribution in [0.25, 0.3) is 10.9 Å². The molecule has 0 saturated carbocycles. The van der Waals surface area contributed by atoms with E-state index in [-0.39, 0.29) is 17.9 Å². The molecule has 0 aliphatic rings. The number of rotatable bonds is 4. The summed E-state index contributed by atoms with van der Waals surface area (Å²) in [6, 6.07) is 14.8. The number of nitrogens with one attached hydrogen (secondary N) is 1. The Hall–Kier alpha value is -2.79. The second kappa shape index (κ2) is 7.22. The number of amides is 1. The second-order valence-electron chi connectivity index (χ2n) is 6.07. The largest absolute Gasteiger partial charge is 0.387 e. The Balaban J connectivity index is 2.10. The van der Waals surface area contributed by atoms with E-state index in [1.807, 2.05) is 36.4 Å². The fourth-order valence-electron chi connectivity index (χ4n) is 3.11. The maximum Gasteiger partial charge on any atom is 0.256 e. The van der Waals surface area contributed by atoms with E-state index in [1.165, 1.54) is 4.57 Å². The third-order valence-corrected chi connectivity index (χ3v) is 4.88. The van der Waals surface area contributed by atoms with Gasteiger partial charge in [-0.05, 0) is 24.3 Å². The molecular formula is C20H20ClN3O2. The SMILES string of the molecule is CNc1c(CC(=O)N(C)c2ccccc2)c(=O)n(C)c2cccc(Cl)c12. The Morgan fingerprint density at radius 3 is 2.50 bits per heavy atom. The van der Waals surface area contributed by atoms with E-state index in [2.05, 4.69) is 5.32 Å². The molecule has 134 valence electrons. The molecular weight excluding hydrogens is 350 g/mol. The van der Waals surface area contributed by atoms with E-state index in [0.29, 0.717) is 16.3 Å². The van der Waals surface area contributed by atoms with E-state index >= 15 is 0 Å². The first-order valence-electron chi connectivity index (χ1n) is 8.25. The van der Waals surface area contributed by atoms with Crippen molar-refractivity contribution < 1.29 is 4.79 Å². The monoisotopic (exact) mass is 369 g/mol. The van der Waals surface area contributed by atoms with Crippen LogP contribution < -0.4 is 15.8 Å². The van der Waals surface area contributed by atoms with Gasteiger partial charge in [-0.1, -0.05) is 35.9 Å². The van der Waals surface area contributed by atoms with Gasteiger partial charge in [-0.2, -0.15) is 0 Å². The van der Waals surface area contributed by atoms with Crippen LogP contribution in [0.2, 0.25) is 5.02 Å². The van der Waals surface area contributed by atoms with Crippen molar-refractivity contribution in [1.29, 1.82) is 0 Å². The molecule has 0 aliphatic heterocycles. The number of aromatic nitrogens is 1. The fraction of sp³-hybridized carbons (Fsp3) is 0.200. The highest BCUT2D eigenvalue weighted by Gasteiger charge is 2.21. The van der Waals surface area contributed by atoms with Crippen LogP contribution in [0.15, 0.2) is 53.3 Å². The summed E-state index contributed by atoms with van der Waals surface area (Å²) in [6.45, 7) is 0. The lowest BCUT2D eigenvalue weighted by molar-refractivity contribution is -0.117. The van der Waals surface area contributed by atoms with Crippen LogP contribution in [-0.4, -0.2) is 24.6 Å². The predicted molar refractivity (Wildman–Crippen MR) is 107 cm³/mol. The average molecular weight is 370 g/mol. The van der Waals surface area contributed by atoms with Gasteiger partial charge in [-0.3, -0.25) is 9.59 Å². The average Bonchev–Trinajstić information content (AvgIpc) is 2.66. The first kappa shape index (κ1) is 18.0.